The lowest BCUT2D eigenvalue weighted by Crippen LogP contribution is -2.33. The van der Waals surface area contributed by atoms with Crippen molar-refractivity contribution in [2.45, 2.75) is 26.6 Å². The molecule has 0 unspecified atom stereocenters. The van der Waals surface area contributed by atoms with Crippen molar-refractivity contribution in [2.24, 2.45) is 5.73 Å². The Bertz CT molecular complexity index is 1270. The molecule has 0 aliphatic heterocycles. The zero-order valence-electron chi connectivity index (χ0n) is 18.6. The van der Waals surface area contributed by atoms with Gasteiger partial charge in [-0.05, 0) is 54.8 Å². The van der Waals surface area contributed by atoms with Crippen molar-refractivity contribution in [3.63, 3.8) is 0 Å². The average Bonchev–Trinajstić information content (AvgIpc) is 3.17. The first-order chi connectivity index (χ1) is 16.4. The average molecular weight is 490 g/mol. The van der Waals surface area contributed by atoms with Crippen LogP contribution >= 0.6 is 0 Å². The number of anilines is 3. The number of benzene rings is 2. The lowest BCUT2D eigenvalue weighted by Gasteiger charge is -2.11. The van der Waals surface area contributed by atoms with Crippen molar-refractivity contribution in [2.75, 3.05) is 16.0 Å². The molecule has 0 fully saturated rings. The summed E-state index contributed by atoms with van der Waals surface area (Å²) >= 11 is 0. The molecular formula is C22H21F3N6O4. The number of carbonyl (C=O) groups is 3. The fourth-order valence-electron chi connectivity index (χ4n) is 2.92. The van der Waals surface area contributed by atoms with Crippen LogP contribution in [-0.2, 0) is 11.3 Å². The SMILES string of the molecule is Cc1ccc(NC(=O)Nc2cccc(CNc3cn(OC(=O)C(F)(F)F)nc3C(N)=O)c2)cc1C. The van der Waals surface area contributed by atoms with E-state index in [1.54, 1.807) is 30.3 Å². The van der Waals surface area contributed by atoms with Gasteiger partial charge < -0.3 is 26.5 Å². The van der Waals surface area contributed by atoms with Gasteiger partial charge in [0.15, 0.2) is 5.69 Å². The predicted molar refractivity (Wildman–Crippen MR) is 121 cm³/mol. The van der Waals surface area contributed by atoms with Crippen LogP contribution in [0.25, 0.3) is 0 Å². The molecule has 35 heavy (non-hydrogen) atoms. The lowest BCUT2D eigenvalue weighted by atomic mass is 10.1. The molecule has 0 aliphatic carbocycles. The van der Waals surface area contributed by atoms with E-state index in [2.05, 4.69) is 25.9 Å². The summed E-state index contributed by atoms with van der Waals surface area (Å²) in [4.78, 5) is 39.2. The van der Waals surface area contributed by atoms with Gasteiger partial charge in [0, 0.05) is 17.9 Å². The number of nitrogens with two attached hydrogens (primary N) is 1. The lowest BCUT2D eigenvalue weighted by molar-refractivity contribution is -0.201. The Kier molecular flexibility index (Phi) is 7.28. The summed E-state index contributed by atoms with van der Waals surface area (Å²) in [6.45, 7) is 3.97. The molecule has 0 aliphatic rings. The van der Waals surface area contributed by atoms with Crippen LogP contribution in [0.1, 0.15) is 27.2 Å². The smallest absolute Gasteiger partial charge is 0.378 e. The second-order valence-corrected chi connectivity index (χ2v) is 7.47. The van der Waals surface area contributed by atoms with Crippen molar-refractivity contribution < 1.29 is 32.4 Å². The Labute approximate surface area is 197 Å². The number of carbonyl (C=O) groups excluding carboxylic acids is 3. The standard InChI is InChI=1S/C22H21F3N6O4/c1-12-6-7-16(8-13(12)2)29-21(34)28-15-5-3-4-14(9-15)10-27-17-11-31(30-18(17)19(26)32)35-20(33)22(23,24)25/h3-9,11,27H,10H2,1-2H3,(H2,26,32)(H2,28,29,34). The Morgan fingerprint density at radius 2 is 1.71 bits per heavy atom. The summed E-state index contributed by atoms with van der Waals surface area (Å²) in [5.74, 6) is -3.56. The number of amides is 3. The van der Waals surface area contributed by atoms with Crippen LogP contribution in [0, 0.1) is 13.8 Å². The van der Waals surface area contributed by atoms with E-state index in [-0.39, 0.29) is 17.1 Å². The van der Waals surface area contributed by atoms with Gasteiger partial charge in [0.05, 0.1) is 11.9 Å². The molecule has 0 atom stereocenters. The minimum atomic E-state index is -5.25. The summed E-state index contributed by atoms with van der Waals surface area (Å²) in [5, 5.41) is 11.7. The summed E-state index contributed by atoms with van der Waals surface area (Å²) in [7, 11) is 0. The van der Waals surface area contributed by atoms with Crippen molar-refractivity contribution in [3.05, 3.63) is 71.0 Å². The van der Waals surface area contributed by atoms with Crippen LogP contribution in [0.2, 0.25) is 0 Å². The number of urea groups is 1. The Morgan fingerprint density at radius 1 is 1.03 bits per heavy atom. The van der Waals surface area contributed by atoms with E-state index in [1.807, 2.05) is 26.0 Å². The van der Waals surface area contributed by atoms with Gasteiger partial charge in [-0.2, -0.15) is 13.2 Å². The maximum Gasteiger partial charge on any atom is 0.493 e. The monoisotopic (exact) mass is 490 g/mol. The molecule has 10 nitrogen and oxygen atoms in total. The normalized spacial score (nSPS) is 11.0. The fourth-order valence-corrected chi connectivity index (χ4v) is 2.92. The number of primary amides is 1. The molecule has 0 spiro atoms. The molecule has 3 aromatic rings. The number of nitrogens with zero attached hydrogens (tertiary/aromatic N) is 2. The zero-order chi connectivity index (χ0) is 25.8. The van der Waals surface area contributed by atoms with E-state index >= 15 is 0 Å². The number of aryl methyl sites for hydroxylation is 2. The molecule has 2 aromatic carbocycles. The first-order valence-corrected chi connectivity index (χ1v) is 10.1. The van der Waals surface area contributed by atoms with E-state index in [9.17, 15) is 27.6 Å². The third kappa shape index (κ3) is 6.72. The van der Waals surface area contributed by atoms with Gasteiger partial charge in [0.25, 0.3) is 5.91 Å². The minimum Gasteiger partial charge on any atom is -0.378 e. The van der Waals surface area contributed by atoms with Crippen LogP contribution in [0.3, 0.4) is 0 Å². The summed E-state index contributed by atoms with van der Waals surface area (Å²) in [5.41, 5.74) is 8.58. The fraction of sp³-hybridized carbons (Fsp3) is 0.182. The first kappa shape index (κ1) is 25.1. The second-order valence-electron chi connectivity index (χ2n) is 7.47. The molecule has 0 saturated carbocycles. The molecule has 184 valence electrons. The molecule has 0 bridgehead atoms. The molecule has 1 heterocycles. The Morgan fingerprint density at radius 3 is 2.34 bits per heavy atom. The van der Waals surface area contributed by atoms with Crippen LogP contribution in [-0.4, -0.2) is 34.0 Å². The van der Waals surface area contributed by atoms with Gasteiger partial charge >= 0.3 is 18.2 Å². The maximum absolute atomic E-state index is 12.4. The molecule has 0 radical (unpaired) electrons. The predicted octanol–water partition coefficient (Wildman–Crippen LogP) is 3.37. The number of aromatic nitrogens is 2. The number of nitrogens with one attached hydrogen (secondary N) is 3. The van der Waals surface area contributed by atoms with Crippen LogP contribution in [0.4, 0.5) is 35.0 Å². The zero-order valence-corrected chi connectivity index (χ0v) is 18.6. The van der Waals surface area contributed by atoms with Gasteiger partial charge in [0.2, 0.25) is 0 Å². The van der Waals surface area contributed by atoms with Crippen LogP contribution in [0.5, 0.6) is 0 Å². The van der Waals surface area contributed by atoms with Gasteiger partial charge in [0.1, 0.15) is 0 Å². The van der Waals surface area contributed by atoms with Gasteiger partial charge in [-0.15, -0.1) is 5.10 Å². The molecule has 1 aromatic heterocycles. The highest BCUT2D eigenvalue weighted by Gasteiger charge is 2.42. The van der Waals surface area contributed by atoms with E-state index in [4.69, 9.17) is 5.73 Å². The Balaban J connectivity index is 1.65. The van der Waals surface area contributed by atoms with Crippen molar-refractivity contribution in [3.8, 4) is 0 Å². The Hall–Kier alpha value is -4.55. The van der Waals surface area contributed by atoms with E-state index in [0.29, 0.717) is 16.9 Å². The second kappa shape index (κ2) is 10.2. The molecule has 3 rings (SSSR count). The number of hydrogen-bond donors (Lipinski definition) is 4. The topological polar surface area (TPSA) is 140 Å². The third-order valence-corrected chi connectivity index (χ3v) is 4.77. The highest BCUT2D eigenvalue weighted by atomic mass is 19.4. The maximum atomic E-state index is 12.4. The summed E-state index contributed by atoms with van der Waals surface area (Å²) in [6.07, 6.45) is -4.37. The van der Waals surface area contributed by atoms with E-state index in [1.165, 1.54) is 0 Å². The van der Waals surface area contributed by atoms with Crippen molar-refractivity contribution >= 4 is 35.0 Å². The molecule has 3 amide bonds. The van der Waals surface area contributed by atoms with E-state index < -0.39 is 29.8 Å². The van der Waals surface area contributed by atoms with Crippen LogP contribution in [0.15, 0.2) is 48.7 Å². The highest BCUT2D eigenvalue weighted by molar-refractivity contribution is 6.00. The summed E-state index contributed by atoms with van der Waals surface area (Å²) in [6, 6.07) is 11.7. The van der Waals surface area contributed by atoms with E-state index in [0.717, 1.165) is 17.3 Å². The van der Waals surface area contributed by atoms with Gasteiger partial charge in [-0.3, -0.25) is 4.79 Å². The van der Waals surface area contributed by atoms with Crippen LogP contribution < -0.4 is 26.5 Å². The largest absolute Gasteiger partial charge is 0.493 e. The quantitative estimate of drug-likeness (QED) is 0.400. The minimum absolute atomic E-state index is 0.0571. The van der Waals surface area contributed by atoms with Crippen molar-refractivity contribution in [1.29, 1.82) is 0 Å². The van der Waals surface area contributed by atoms with Gasteiger partial charge in [-0.25, -0.2) is 9.59 Å². The molecule has 13 heteroatoms. The third-order valence-electron chi connectivity index (χ3n) is 4.77. The molecule has 5 N–H and O–H groups in total. The van der Waals surface area contributed by atoms with Crippen molar-refractivity contribution in [1.82, 2.24) is 9.94 Å². The highest BCUT2D eigenvalue weighted by Crippen LogP contribution is 2.19. The number of alkyl halides is 3. The number of halogens is 3. The number of rotatable bonds is 7. The first-order valence-electron chi connectivity index (χ1n) is 10.1. The molecule has 0 saturated heterocycles. The van der Waals surface area contributed by atoms with Gasteiger partial charge in [-0.1, -0.05) is 23.0 Å². The number of hydrogen-bond acceptors (Lipinski definition) is 6. The summed E-state index contributed by atoms with van der Waals surface area (Å²) < 4.78 is 37.2. The molecular weight excluding hydrogens is 469 g/mol.